The zero-order valence-corrected chi connectivity index (χ0v) is 71.1. The van der Waals surface area contributed by atoms with Gasteiger partial charge in [-0.3, -0.25) is 56.9 Å². The summed E-state index contributed by atoms with van der Waals surface area (Å²) in [5, 5.41) is 34.1. The molecule has 6 N–H and O–H groups in total. The second-order valence-corrected chi connectivity index (χ2v) is 36.0. The molecule has 2 saturated heterocycles. The van der Waals surface area contributed by atoms with Gasteiger partial charge in [-0.15, -0.1) is 5.54 Å². The van der Waals surface area contributed by atoms with E-state index in [-0.39, 0.29) is 65.2 Å². The van der Waals surface area contributed by atoms with Crippen LogP contribution < -0.4 is 48.6 Å². The van der Waals surface area contributed by atoms with Crippen LogP contribution in [-0.4, -0.2) is 133 Å². The summed E-state index contributed by atoms with van der Waals surface area (Å²) in [5.74, 6) is 13.7. The Morgan fingerprint density at radius 3 is 1.16 bits per heavy atom. The highest BCUT2D eigenvalue weighted by atomic mass is 28.3. The fourth-order valence-electron chi connectivity index (χ4n) is 15.4. The van der Waals surface area contributed by atoms with E-state index >= 15 is 0 Å². The lowest BCUT2D eigenvalue weighted by atomic mass is 10.0. The standard InChI is InChI=1S/C33H29N7O4.C33H30N6O4.C30H29N5O2Si/c1-20(36-32(43)28-21(2)38-39-18-8-17-34-30(28)39)26-19-23-10-6-9-22(11-7-16-35-31(42)25-14-15-27(41)37-25)29(23)33(44)40(26)24-12-4-3-5-13-24;1-21(36-32(41)28-22(2)37-38-18-9-17-34-30(28)38)26-20-24-11-6-10-23(12-7-16-35-31(40)27-15-8-19-43-27)29(24)33(42)39(26)25-13-4-3-5-14-25;1-20(32-29(36)26-21(2)33-34-17-10-16-31-28(26)34)25-19-23-12-9-11-22(15-18-38(3,4)5)27(23)30(37)35(25)24-13-7-6-8-14-24/h3-6,8-10,12-13,17-20,25H,14-16H2,1-2H3,(H,35,42)(H,36,43)(H,37,41);3-6,9-11,13-14,17-18,20-21,27H,8,15-16,19H2,1-2H3,(H,35,40)(H,36,41);6-14,16-17,19-20H,1-5H3,(H,32,36)/t20-,25-;21-,27-;20-/m000/s1. The maximum atomic E-state index is 14.2. The van der Waals surface area contributed by atoms with Gasteiger partial charge in [0.15, 0.2) is 16.9 Å². The first-order valence-electron chi connectivity index (χ1n) is 40.9. The van der Waals surface area contributed by atoms with Gasteiger partial charge in [0, 0.05) is 101 Å². The summed E-state index contributed by atoms with van der Waals surface area (Å²) in [5.41, 5.74) is 12.5. The van der Waals surface area contributed by atoms with Crippen LogP contribution in [0.2, 0.25) is 19.6 Å². The highest BCUT2D eigenvalue weighted by molar-refractivity contribution is 6.84. The molecule has 2 fully saturated rings. The maximum absolute atomic E-state index is 14.2. The van der Waals surface area contributed by atoms with Crippen LogP contribution in [0.5, 0.6) is 0 Å². The second-order valence-electron chi connectivity index (χ2n) is 31.3. The lowest BCUT2D eigenvalue weighted by molar-refractivity contribution is -0.129. The number of rotatable bonds is 16. The Morgan fingerprint density at radius 1 is 0.464 bits per heavy atom. The Bertz CT molecular complexity index is 7170. The number of aryl methyl sites for hydroxylation is 3. The highest BCUT2D eigenvalue weighted by Crippen LogP contribution is 2.30. The Kier molecular flexibility index (Phi) is 24.9. The molecule has 125 heavy (non-hydrogen) atoms. The molecule has 28 nitrogen and oxygen atoms in total. The van der Waals surface area contributed by atoms with E-state index in [1.165, 1.54) is 0 Å². The van der Waals surface area contributed by atoms with Crippen molar-refractivity contribution in [1.29, 1.82) is 0 Å². The van der Waals surface area contributed by atoms with Gasteiger partial charge in [0.2, 0.25) is 17.7 Å². The van der Waals surface area contributed by atoms with E-state index in [9.17, 15) is 43.2 Å². The van der Waals surface area contributed by atoms with Crippen LogP contribution in [0.1, 0.15) is 147 Å². The monoisotopic (exact) mass is 1680 g/mol. The normalized spacial score (nSPS) is 14.2. The van der Waals surface area contributed by atoms with Gasteiger partial charge in [0.05, 0.1) is 64.5 Å². The van der Waals surface area contributed by atoms with E-state index < -0.39 is 38.3 Å². The van der Waals surface area contributed by atoms with Gasteiger partial charge >= 0.3 is 0 Å². The van der Waals surface area contributed by atoms with Gasteiger partial charge in [-0.25, -0.2) is 28.5 Å². The van der Waals surface area contributed by atoms with Crippen molar-refractivity contribution in [3.63, 3.8) is 0 Å². The SMILES string of the molecule is Cc1nn2cccnc2c1C(=O)N[C@@H](C)c1cc2cccc(C#CCNC(=O)[C@@H]3CCC(=O)N3)c2c(=O)n1-c1ccccc1.Cc1nn2cccnc2c1C(=O)N[C@@H](C)c1cc2cccc(C#CCNC(=O)[C@@H]3CCCO3)c2c(=O)n1-c1ccccc1.Cc1nn2cccnc2c1C(=O)N[C@@H](C)c1cc2cccc(C#C[Si](C)(C)C)c2c(=O)n1-c1ccccc1. The zero-order chi connectivity index (χ0) is 87.7. The van der Waals surface area contributed by atoms with E-state index in [1.807, 2.05) is 172 Å². The summed E-state index contributed by atoms with van der Waals surface area (Å²) >= 11 is 0. The largest absolute Gasteiger partial charge is 0.368 e. The number of ether oxygens (including phenoxy) is 1. The predicted molar refractivity (Wildman–Crippen MR) is 480 cm³/mol. The fourth-order valence-corrected chi connectivity index (χ4v) is 15.9. The minimum absolute atomic E-state index is 0.0629. The summed E-state index contributed by atoms with van der Waals surface area (Å²) in [4.78, 5) is 132. The van der Waals surface area contributed by atoms with Crippen molar-refractivity contribution in [3.05, 3.63) is 318 Å². The predicted octanol–water partition coefficient (Wildman–Crippen LogP) is 11.1. The maximum Gasteiger partial charge on any atom is 0.264 e. The average Bonchev–Trinajstić information content (AvgIpc) is 1.65. The molecule has 11 heterocycles. The number of benzene rings is 6. The summed E-state index contributed by atoms with van der Waals surface area (Å²) in [7, 11) is -1.65. The molecule has 9 aromatic heterocycles. The number of pyridine rings is 3. The van der Waals surface area contributed by atoms with Crippen molar-refractivity contribution in [3.8, 4) is 52.2 Å². The number of aromatic nitrogens is 12. The van der Waals surface area contributed by atoms with Gasteiger partial charge in [-0.2, -0.15) is 15.3 Å². The van der Waals surface area contributed by atoms with Gasteiger partial charge in [-0.05, 0) is 168 Å². The third-order valence-corrected chi connectivity index (χ3v) is 22.2. The van der Waals surface area contributed by atoms with E-state index in [4.69, 9.17) is 4.74 Å². The molecule has 0 spiro atoms. The molecule has 17 rings (SSSR count). The van der Waals surface area contributed by atoms with Crippen LogP contribution in [0.3, 0.4) is 0 Å². The quantitative estimate of drug-likeness (QED) is 0.0387. The minimum Gasteiger partial charge on any atom is -0.368 e. The Balaban J connectivity index is 0.000000145. The number of fused-ring (bicyclic) bond motifs is 6. The number of carbonyl (C=O) groups is 6. The molecule has 626 valence electrons. The Labute approximate surface area is 718 Å². The Hall–Kier alpha value is -15.5. The van der Waals surface area contributed by atoms with E-state index in [0.29, 0.717) is 143 Å². The van der Waals surface area contributed by atoms with E-state index in [0.717, 1.165) is 23.1 Å². The summed E-state index contributed by atoms with van der Waals surface area (Å²) < 4.78 is 15.0. The molecule has 2 aliphatic heterocycles. The number of hydrogen-bond acceptors (Lipinski definition) is 16. The van der Waals surface area contributed by atoms with Gasteiger partial charge < -0.3 is 36.6 Å². The molecule has 5 atom stereocenters. The van der Waals surface area contributed by atoms with Crippen molar-refractivity contribution >= 4 is 92.8 Å². The molecule has 29 heteroatoms. The molecule has 0 bridgehead atoms. The van der Waals surface area contributed by atoms with Crippen molar-refractivity contribution < 1.29 is 33.5 Å². The van der Waals surface area contributed by atoms with Crippen molar-refractivity contribution in [2.75, 3.05) is 19.7 Å². The molecule has 15 aromatic rings. The number of nitrogens with zero attached hydrogens (tertiary/aromatic N) is 12. The van der Waals surface area contributed by atoms with Gasteiger partial charge in [0.25, 0.3) is 34.4 Å². The zero-order valence-electron chi connectivity index (χ0n) is 70.1. The molecule has 0 unspecified atom stereocenters. The molecule has 6 aromatic carbocycles. The molecular weight excluding hydrogens is 1590 g/mol. The van der Waals surface area contributed by atoms with Crippen LogP contribution in [0, 0.1) is 55.9 Å². The van der Waals surface area contributed by atoms with Crippen molar-refractivity contribution in [1.82, 2.24) is 89.4 Å². The van der Waals surface area contributed by atoms with E-state index in [1.54, 1.807) is 116 Å². The number of hydrogen-bond donors (Lipinski definition) is 6. The number of para-hydroxylation sites is 3. The smallest absolute Gasteiger partial charge is 0.264 e. The van der Waals surface area contributed by atoms with Crippen LogP contribution in [-0.2, 0) is 19.1 Å². The summed E-state index contributed by atoms with van der Waals surface area (Å²) in [6.07, 6.45) is 12.0. The number of carbonyl (C=O) groups excluding carboxylic acids is 6. The molecule has 0 saturated carbocycles. The molecule has 0 radical (unpaired) electrons. The first-order chi connectivity index (χ1) is 60.4. The topological polar surface area (TPSA) is 340 Å². The van der Waals surface area contributed by atoms with Crippen LogP contribution in [0.25, 0.3) is 66.3 Å². The van der Waals surface area contributed by atoms with Crippen molar-refractivity contribution in [2.24, 2.45) is 0 Å². The molecule has 0 aliphatic carbocycles. The highest BCUT2D eigenvalue weighted by Gasteiger charge is 2.31. The number of amides is 6. The van der Waals surface area contributed by atoms with Crippen molar-refractivity contribution in [2.45, 2.75) is 117 Å². The minimum atomic E-state index is -1.65. The number of nitrogens with one attached hydrogen (secondary N) is 6. The second kappa shape index (κ2) is 36.8. The average molecular weight is 1680 g/mol. The van der Waals surface area contributed by atoms with E-state index in [2.05, 4.69) is 117 Å². The summed E-state index contributed by atoms with van der Waals surface area (Å²) in [6.45, 7) is 18.2. The summed E-state index contributed by atoms with van der Waals surface area (Å²) in [6, 6.07) is 53.4. The van der Waals surface area contributed by atoms with Gasteiger partial charge in [0.1, 0.15) is 36.9 Å². The first kappa shape index (κ1) is 84.5. The molecule has 6 amide bonds. The lowest BCUT2D eigenvalue weighted by Crippen LogP contribution is -2.41. The lowest BCUT2D eigenvalue weighted by Gasteiger charge is -2.21. The van der Waals surface area contributed by atoms with Crippen LogP contribution >= 0.6 is 0 Å². The fraction of sp³-hybridized carbons (Fsp3) is 0.219. The third kappa shape index (κ3) is 18.3. The molecular formula is C96H88N18O10Si. The molecule has 2 aliphatic rings. The third-order valence-electron chi connectivity index (χ3n) is 21.3. The van der Waals surface area contributed by atoms with Crippen LogP contribution in [0.4, 0.5) is 0 Å². The van der Waals surface area contributed by atoms with Crippen LogP contribution in [0.15, 0.2) is 234 Å². The van der Waals surface area contributed by atoms with Gasteiger partial charge in [-0.1, -0.05) is 140 Å². The first-order valence-corrected chi connectivity index (χ1v) is 44.4. The Morgan fingerprint density at radius 2 is 0.824 bits per heavy atom.